The number of nitrogens with one attached hydrogen (secondary N) is 3. The predicted octanol–water partition coefficient (Wildman–Crippen LogP) is 2.41. The van der Waals surface area contributed by atoms with E-state index in [1.807, 2.05) is 0 Å². The third-order valence-corrected chi connectivity index (χ3v) is 4.98. The molecule has 3 N–H and O–H groups in total. The first-order valence-corrected chi connectivity index (χ1v) is 11.0. The van der Waals surface area contributed by atoms with Gasteiger partial charge in [-0.05, 0) is 6.42 Å². The Bertz CT molecular complexity index is 742. The maximum Gasteiger partial charge on any atom is 0.243 e. The monoisotopic (exact) mass is 417 g/mol. The molecule has 2 rings (SSSR count). The number of aryl methyl sites for hydroxylation is 1. The van der Waals surface area contributed by atoms with Gasteiger partial charge in [0.25, 0.3) is 0 Å². The van der Waals surface area contributed by atoms with Gasteiger partial charge in [0, 0.05) is 38.0 Å². The number of imidazole rings is 1. The van der Waals surface area contributed by atoms with Gasteiger partial charge in [-0.25, -0.2) is 4.98 Å². The summed E-state index contributed by atoms with van der Waals surface area (Å²) in [5, 5.41) is 13.5. The molecule has 0 aliphatic rings. The van der Waals surface area contributed by atoms with Gasteiger partial charge in [-0.3, -0.25) is 14.3 Å². The van der Waals surface area contributed by atoms with Crippen LogP contribution in [0.5, 0.6) is 0 Å². The molecule has 0 saturated heterocycles. The molecule has 166 valence electrons. The molecule has 0 aromatic carbocycles. The lowest BCUT2D eigenvalue weighted by atomic mass is 10.1. The predicted molar refractivity (Wildman–Crippen MR) is 114 cm³/mol. The van der Waals surface area contributed by atoms with Crippen LogP contribution < -0.4 is 10.6 Å². The number of hydrogen-bond acceptors (Lipinski definition) is 5. The molecule has 2 aromatic rings. The number of carbonyl (C=O) groups is 2. The summed E-state index contributed by atoms with van der Waals surface area (Å²) in [6.07, 6.45) is 15.2. The smallest absolute Gasteiger partial charge is 0.243 e. The second-order valence-electron chi connectivity index (χ2n) is 7.73. The van der Waals surface area contributed by atoms with Gasteiger partial charge < -0.3 is 15.6 Å². The minimum Gasteiger partial charge on any atom is -0.349 e. The van der Waals surface area contributed by atoms with Crippen LogP contribution in [0.1, 0.15) is 76.1 Å². The van der Waals surface area contributed by atoms with Crippen molar-refractivity contribution >= 4 is 11.8 Å². The zero-order valence-electron chi connectivity index (χ0n) is 18.2. The van der Waals surface area contributed by atoms with Gasteiger partial charge >= 0.3 is 0 Å². The molecular weight excluding hydrogens is 382 g/mol. The van der Waals surface area contributed by atoms with E-state index < -0.39 is 6.04 Å². The molecule has 0 aliphatic heterocycles. The van der Waals surface area contributed by atoms with Crippen LogP contribution in [0.25, 0.3) is 0 Å². The average Bonchev–Trinajstić information content (AvgIpc) is 3.39. The van der Waals surface area contributed by atoms with Crippen LogP contribution in [0, 0.1) is 0 Å². The standard InChI is InChI=1S/C21H35N7O2/c1-3-4-5-6-7-8-9-10-11-20(29)25-19(12-17-13-22-16-24-17)21(30)23-14-18-15-28(2)27-26-18/h13,15-16,19H,3-12,14H2,1-2H3,(H,22,24)(H,23,30)(H,25,29). The average molecular weight is 418 g/mol. The molecule has 0 fully saturated rings. The lowest BCUT2D eigenvalue weighted by Gasteiger charge is -2.17. The van der Waals surface area contributed by atoms with E-state index in [0.29, 0.717) is 18.5 Å². The quantitative estimate of drug-likeness (QED) is 0.385. The molecule has 2 amide bonds. The molecule has 0 spiro atoms. The Hall–Kier alpha value is -2.71. The van der Waals surface area contributed by atoms with Crippen molar-refractivity contribution < 1.29 is 9.59 Å². The Morgan fingerprint density at radius 3 is 2.50 bits per heavy atom. The molecule has 0 bridgehead atoms. The number of carbonyl (C=O) groups excluding carboxylic acids is 2. The molecule has 0 radical (unpaired) electrons. The van der Waals surface area contributed by atoms with Crippen molar-refractivity contribution in [1.82, 2.24) is 35.6 Å². The molecular formula is C21H35N7O2. The highest BCUT2D eigenvalue weighted by atomic mass is 16.2. The fourth-order valence-corrected chi connectivity index (χ4v) is 3.29. The SMILES string of the molecule is CCCCCCCCCCC(=O)NC(Cc1cnc[nH]1)C(=O)NCc1cn(C)nn1. The first-order valence-electron chi connectivity index (χ1n) is 11.0. The molecule has 30 heavy (non-hydrogen) atoms. The van der Waals surface area contributed by atoms with Gasteiger partial charge in [0.15, 0.2) is 0 Å². The van der Waals surface area contributed by atoms with Crippen molar-refractivity contribution in [2.75, 3.05) is 0 Å². The normalized spacial score (nSPS) is 11.9. The summed E-state index contributed by atoms with van der Waals surface area (Å²) >= 11 is 0. The fourth-order valence-electron chi connectivity index (χ4n) is 3.29. The Morgan fingerprint density at radius 1 is 1.13 bits per heavy atom. The molecule has 0 saturated carbocycles. The first-order chi connectivity index (χ1) is 14.6. The summed E-state index contributed by atoms with van der Waals surface area (Å²) in [7, 11) is 1.77. The second-order valence-corrected chi connectivity index (χ2v) is 7.73. The largest absolute Gasteiger partial charge is 0.349 e. The topological polar surface area (TPSA) is 118 Å². The van der Waals surface area contributed by atoms with Crippen LogP contribution in [0.3, 0.4) is 0 Å². The Labute approximate surface area is 178 Å². The van der Waals surface area contributed by atoms with Crippen molar-refractivity contribution in [2.45, 2.75) is 83.7 Å². The third-order valence-electron chi connectivity index (χ3n) is 4.98. The van der Waals surface area contributed by atoms with E-state index in [4.69, 9.17) is 0 Å². The van der Waals surface area contributed by atoms with E-state index in [0.717, 1.165) is 25.0 Å². The summed E-state index contributed by atoms with van der Waals surface area (Å²) in [6, 6.07) is -0.663. The molecule has 1 unspecified atom stereocenters. The molecule has 9 heteroatoms. The maximum atomic E-state index is 12.7. The highest BCUT2D eigenvalue weighted by Gasteiger charge is 2.21. The molecule has 2 heterocycles. The summed E-state index contributed by atoms with van der Waals surface area (Å²) < 4.78 is 1.58. The van der Waals surface area contributed by atoms with Gasteiger partial charge in [-0.2, -0.15) is 0 Å². The fraction of sp³-hybridized carbons (Fsp3) is 0.667. The van der Waals surface area contributed by atoms with Crippen LogP contribution in [0.4, 0.5) is 0 Å². The van der Waals surface area contributed by atoms with Crippen LogP contribution in [-0.4, -0.2) is 42.8 Å². The van der Waals surface area contributed by atoms with Crippen molar-refractivity contribution in [2.24, 2.45) is 7.05 Å². The summed E-state index contributed by atoms with van der Waals surface area (Å²) in [4.78, 5) is 32.0. The molecule has 2 aromatic heterocycles. The minimum atomic E-state index is -0.663. The summed E-state index contributed by atoms with van der Waals surface area (Å²) in [5.74, 6) is -0.348. The molecule has 0 aliphatic carbocycles. The van der Waals surface area contributed by atoms with Crippen molar-refractivity contribution in [3.05, 3.63) is 30.1 Å². The van der Waals surface area contributed by atoms with Crippen LogP contribution >= 0.6 is 0 Å². The van der Waals surface area contributed by atoms with E-state index in [9.17, 15) is 9.59 Å². The first kappa shape index (κ1) is 23.6. The molecule has 9 nitrogen and oxygen atoms in total. The van der Waals surface area contributed by atoms with Gasteiger partial charge in [0.1, 0.15) is 11.7 Å². The number of amides is 2. The van der Waals surface area contributed by atoms with Crippen molar-refractivity contribution in [3.8, 4) is 0 Å². The van der Waals surface area contributed by atoms with Crippen LogP contribution in [0.2, 0.25) is 0 Å². The van der Waals surface area contributed by atoms with Gasteiger partial charge in [0.2, 0.25) is 11.8 Å². The van der Waals surface area contributed by atoms with E-state index >= 15 is 0 Å². The zero-order chi connectivity index (χ0) is 21.6. The highest BCUT2D eigenvalue weighted by Crippen LogP contribution is 2.10. The Balaban J connectivity index is 1.74. The molecule has 1 atom stereocenters. The third kappa shape index (κ3) is 9.19. The number of aromatic amines is 1. The number of hydrogen-bond donors (Lipinski definition) is 3. The number of aromatic nitrogens is 5. The highest BCUT2D eigenvalue weighted by molar-refractivity contribution is 5.87. The number of unbranched alkanes of at least 4 members (excludes halogenated alkanes) is 7. The number of rotatable bonds is 15. The lowest BCUT2D eigenvalue weighted by molar-refractivity contribution is -0.129. The van der Waals surface area contributed by atoms with E-state index in [-0.39, 0.29) is 18.4 Å². The zero-order valence-corrected chi connectivity index (χ0v) is 18.2. The number of H-pyrrole nitrogens is 1. The van der Waals surface area contributed by atoms with Crippen LogP contribution in [-0.2, 0) is 29.6 Å². The van der Waals surface area contributed by atoms with Crippen molar-refractivity contribution in [1.29, 1.82) is 0 Å². The Kier molecular flexibility index (Phi) is 10.6. The number of nitrogens with zero attached hydrogens (tertiary/aromatic N) is 4. The van der Waals surface area contributed by atoms with E-state index in [2.05, 4.69) is 37.8 Å². The minimum absolute atomic E-state index is 0.0971. The van der Waals surface area contributed by atoms with Gasteiger partial charge in [0.05, 0.1) is 12.9 Å². The van der Waals surface area contributed by atoms with Gasteiger partial charge in [-0.1, -0.05) is 57.1 Å². The maximum absolute atomic E-state index is 12.7. The van der Waals surface area contributed by atoms with E-state index in [1.165, 1.54) is 32.1 Å². The summed E-state index contributed by atoms with van der Waals surface area (Å²) in [5.41, 5.74) is 1.46. The summed E-state index contributed by atoms with van der Waals surface area (Å²) in [6.45, 7) is 2.48. The lowest BCUT2D eigenvalue weighted by Crippen LogP contribution is -2.47. The van der Waals surface area contributed by atoms with Crippen molar-refractivity contribution in [3.63, 3.8) is 0 Å². The van der Waals surface area contributed by atoms with Gasteiger partial charge in [-0.15, -0.1) is 5.10 Å². The van der Waals surface area contributed by atoms with Crippen LogP contribution in [0.15, 0.2) is 18.7 Å². The van der Waals surface area contributed by atoms with E-state index in [1.54, 1.807) is 30.5 Å². The Morgan fingerprint density at radius 2 is 1.87 bits per heavy atom. The second kappa shape index (κ2) is 13.5.